The quantitative estimate of drug-likeness (QED) is 0.0142. The molecule has 0 aliphatic heterocycles. The van der Waals surface area contributed by atoms with Crippen LogP contribution in [0.15, 0.2) is 170 Å². The summed E-state index contributed by atoms with van der Waals surface area (Å²) in [4.78, 5) is 45.9. The number of benzene rings is 4. The predicted octanol–water partition coefficient (Wildman–Crippen LogP) is 8.93. The van der Waals surface area contributed by atoms with E-state index in [0.29, 0.717) is 43.1 Å². The number of aliphatic hydroxyl groups excluding tert-OH is 1. The summed E-state index contributed by atoms with van der Waals surface area (Å²) >= 11 is 0. The van der Waals surface area contributed by atoms with Crippen molar-refractivity contribution in [3.63, 3.8) is 0 Å². The zero-order chi connectivity index (χ0) is 57.1. The first-order valence-electron chi connectivity index (χ1n) is 26.0. The maximum atomic E-state index is 12.8. The van der Waals surface area contributed by atoms with Gasteiger partial charge in [0, 0.05) is 24.0 Å². The number of aryl methyl sites for hydroxylation is 4. The SMILES string of the molecule is C=CC(C)CC/C=C/C(C)/C(=C/C(=O)O)C(=O)[O-].C=CC(C)CC/C=C/C(C)/C(=C/C(=O)OC(CCCOc1ccc(C)cc1)COc1ccc(C)cc1)C(=O)O.Cc1ccc(OCC(O)COc2ccc(C)cc2)cc1.[Na+]. The Morgan fingerprint density at radius 2 is 0.923 bits per heavy atom. The summed E-state index contributed by atoms with van der Waals surface area (Å²) in [6.07, 6.45) is 16.1. The molecule has 4 aromatic rings. The Labute approximate surface area is 485 Å². The molecule has 0 aromatic heterocycles. The number of aliphatic carboxylic acids is 3. The normalized spacial score (nSPS) is 13.2. The fourth-order valence-corrected chi connectivity index (χ4v) is 6.82. The van der Waals surface area contributed by atoms with Crippen molar-refractivity contribution in [1.82, 2.24) is 0 Å². The minimum atomic E-state index is -1.45. The van der Waals surface area contributed by atoms with Crippen LogP contribution in [0.5, 0.6) is 23.0 Å². The van der Waals surface area contributed by atoms with Gasteiger partial charge in [0.25, 0.3) is 0 Å². The summed E-state index contributed by atoms with van der Waals surface area (Å²) in [5.41, 5.74) is 4.39. The van der Waals surface area contributed by atoms with Crippen LogP contribution in [-0.2, 0) is 23.9 Å². The number of carboxylic acid groups (broad SMARTS) is 3. The third kappa shape index (κ3) is 31.5. The monoisotopic (exact) mass is 1080 g/mol. The first-order chi connectivity index (χ1) is 36.7. The minimum Gasteiger partial charge on any atom is -0.545 e. The van der Waals surface area contributed by atoms with Crippen LogP contribution in [0.3, 0.4) is 0 Å². The van der Waals surface area contributed by atoms with Gasteiger partial charge in [0.05, 0.1) is 18.1 Å². The van der Waals surface area contributed by atoms with E-state index in [0.717, 1.165) is 60.1 Å². The van der Waals surface area contributed by atoms with E-state index in [2.05, 4.69) is 20.1 Å². The van der Waals surface area contributed by atoms with Crippen LogP contribution < -0.4 is 53.6 Å². The zero-order valence-corrected chi connectivity index (χ0v) is 49.2. The number of carbonyl (C=O) groups excluding carboxylic acids is 2. The van der Waals surface area contributed by atoms with Crippen LogP contribution in [-0.4, -0.2) is 77.8 Å². The van der Waals surface area contributed by atoms with Crippen molar-refractivity contribution >= 4 is 23.9 Å². The van der Waals surface area contributed by atoms with Gasteiger partial charge in [-0.05, 0) is 132 Å². The first kappa shape index (κ1) is 69.4. The van der Waals surface area contributed by atoms with Crippen molar-refractivity contribution in [2.24, 2.45) is 23.7 Å². The molecule has 0 bridgehead atoms. The van der Waals surface area contributed by atoms with Gasteiger partial charge < -0.3 is 48.9 Å². The van der Waals surface area contributed by atoms with Crippen molar-refractivity contribution in [3.8, 4) is 23.0 Å². The van der Waals surface area contributed by atoms with Crippen LogP contribution in [0.25, 0.3) is 0 Å². The average Bonchev–Trinajstić information content (AvgIpc) is 3.40. The molecular weight excluding hydrogens is 1000 g/mol. The molecule has 0 heterocycles. The van der Waals surface area contributed by atoms with Gasteiger partial charge in [0.2, 0.25) is 0 Å². The molecule has 0 aliphatic rings. The van der Waals surface area contributed by atoms with E-state index in [1.807, 2.05) is 162 Å². The molecule has 0 amide bonds. The van der Waals surface area contributed by atoms with Gasteiger partial charge in [-0.3, -0.25) is 0 Å². The average molecular weight is 1080 g/mol. The molecule has 0 aliphatic carbocycles. The number of carboxylic acids is 3. The minimum absolute atomic E-state index is 0. The fraction of sp³-hybridized carbons (Fsp3) is 0.375. The number of hydrogen-bond donors (Lipinski definition) is 3. The molecule has 0 saturated carbocycles. The van der Waals surface area contributed by atoms with Crippen LogP contribution in [0.4, 0.5) is 0 Å². The third-order valence-corrected chi connectivity index (χ3v) is 11.9. The summed E-state index contributed by atoms with van der Waals surface area (Å²) in [5, 5.41) is 38.9. The second-order valence-electron chi connectivity index (χ2n) is 19.0. The van der Waals surface area contributed by atoms with Gasteiger partial charge in [-0.25, -0.2) is 14.4 Å². The van der Waals surface area contributed by atoms with Crippen LogP contribution in [0.2, 0.25) is 0 Å². The van der Waals surface area contributed by atoms with Gasteiger partial charge in [0.15, 0.2) is 0 Å². The Morgan fingerprint density at radius 1 is 0.551 bits per heavy atom. The molecule has 3 N–H and O–H groups in total. The Kier molecular flexibility index (Phi) is 35.3. The molecule has 14 heteroatoms. The van der Waals surface area contributed by atoms with Gasteiger partial charge in [-0.15, -0.1) is 13.2 Å². The second-order valence-corrected chi connectivity index (χ2v) is 19.0. The predicted molar refractivity (Wildman–Crippen MR) is 302 cm³/mol. The van der Waals surface area contributed by atoms with Gasteiger partial charge >= 0.3 is 47.5 Å². The van der Waals surface area contributed by atoms with E-state index in [-0.39, 0.29) is 60.5 Å². The molecule has 4 rings (SSSR count). The van der Waals surface area contributed by atoms with Crippen molar-refractivity contribution in [2.75, 3.05) is 26.4 Å². The summed E-state index contributed by atoms with van der Waals surface area (Å²) in [7, 11) is 0. The molecule has 78 heavy (non-hydrogen) atoms. The number of aliphatic hydroxyl groups is 1. The Bertz CT molecular complexity index is 2460. The van der Waals surface area contributed by atoms with Crippen LogP contribution in [0.1, 0.15) is 88.5 Å². The summed E-state index contributed by atoms with van der Waals surface area (Å²) < 4.78 is 28.4. The third-order valence-electron chi connectivity index (χ3n) is 11.9. The van der Waals surface area contributed by atoms with Crippen molar-refractivity contribution in [3.05, 3.63) is 192 Å². The number of ether oxygens (including phenoxy) is 5. The topological polar surface area (TPSA) is 198 Å². The van der Waals surface area contributed by atoms with Crippen molar-refractivity contribution in [1.29, 1.82) is 0 Å². The van der Waals surface area contributed by atoms with Gasteiger partial charge in [0.1, 0.15) is 55.0 Å². The van der Waals surface area contributed by atoms with E-state index in [1.54, 1.807) is 19.9 Å². The van der Waals surface area contributed by atoms with E-state index in [1.165, 1.54) is 11.1 Å². The van der Waals surface area contributed by atoms with E-state index >= 15 is 0 Å². The molecule has 13 nitrogen and oxygen atoms in total. The maximum Gasteiger partial charge on any atom is 1.00 e. The van der Waals surface area contributed by atoms with E-state index in [4.69, 9.17) is 28.8 Å². The second kappa shape index (κ2) is 39.7. The maximum absolute atomic E-state index is 12.8. The standard InChI is InChI=1S/C33H42O6.C17H20O3.C14H20O4.Na/c1-6-24(2)10-7-8-11-27(5)31(33(35)36)22-32(34)39-30(23-38-29-19-15-26(4)16-20-29)12-9-21-37-28-17-13-25(3)14-18-28;1-13-3-7-16(8-4-13)19-11-15(18)12-20-17-9-5-14(2)6-10-17;1-4-10(2)7-5-6-8-11(3)12(14(17)18)9-13(15)16;/h6,8,11,13-20,22,24,27,30H,1,7,9-10,12,21,23H2,2-5H3,(H,35,36);3-10,15,18H,11-12H2,1-2H3;4,6,8-11H,1,5,7H2,2-3H3,(H,15,16)(H,17,18);/q;;;+1/p-1/b11-8+,31-22-;;8-6+,12-9-;. The molecule has 5 unspecified atom stereocenters. The molecule has 0 fully saturated rings. The first-order valence-corrected chi connectivity index (χ1v) is 26.0. The number of allylic oxidation sites excluding steroid dienone is 6. The summed E-state index contributed by atoms with van der Waals surface area (Å²) in [6.45, 7) is 24.0. The largest absolute Gasteiger partial charge is 1.00 e. The Morgan fingerprint density at radius 3 is 1.28 bits per heavy atom. The Hall–Kier alpha value is -6.64. The van der Waals surface area contributed by atoms with Crippen LogP contribution in [0, 0.1) is 51.4 Å². The zero-order valence-electron chi connectivity index (χ0n) is 47.2. The molecule has 4 aromatic carbocycles. The summed E-state index contributed by atoms with van der Waals surface area (Å²) in [5.74, 6) is -1.77. The van der Waals surface area contributed by atoms with Crippen molar-refractivity contribution in [2.45, 2.75) is 106 Å². The van der Waals surface area contributed by atoms with Gasteiger partial charge in [-0.2, -0.15) is 0 Å². The number of hydrogen-bond acceptors (Lipinski definition) is 11. The summed E-state index contributed by atoms with van der Waals surface area (Å²) in [6, 6.07) is 30.9. The molecule has 0 radical (unpaired) electrons. The van der Waals surface area contributed by atoms with Crippen LogP contribution >= 0.6 is 0 Å². The Balaban J connectivity index is 0.000000652. The molecule has 0 spiro atoms. The molecule has 0 saturated heterocycles. The number of carbonyl (C=O) groups is 4. The van der Waals surface area contributed by atoms with Gasteiger partial charge in [-0.1, -0.05) is 135 Å². The number of rotatable bonds is 31. The van der Waals surface area contributed by atoms with Crippen molar-refractivity contribution < 1.29 is 92.8 Å². The molecular formula is C64H81NaO13. The number of esters is 1. The van der Waals surface area contributed by atoms with E-state index in [9.17, 15) is 34.5 Å². The van der Waals surface area contributed by atoms with E-state index < -0.39 is 47.9 Å². The fourth-order valence-electron chi connectivity index (χ4n) is 6.82. The smallest absolute Gasteiger partial charge is 0.545 e. The molecule has 416 valence electrons. The molecule has 5 atom stereocenters.